The van der Waals surface area contributed by atoms with E-state index in [4.69, 9.17) is 0 Å². The maximum Gasteiger partial charge on any atom is 0.308 e. The van der Waals surface area contributed by atoms with Crippen LogP contribution in [0, 0.1) is 5.92 Å². The Balaban J connectivity index is 3.69. The Morgan fingerprint density at radius 3 is 2.58 bits per heavy atom. The predicted molar refractivity (Wildman–Crippen MR) is 46.7 cm³/mol. The number of esters is 1. The molecule has 0 bridgehead atoms. The first kappa shape index (κ1) is 11.4. The maximum atomic E-state index is 10.7. The molecule has 0 aromatic heterocycles. The highest BCUT2D eigenvalue weighted by Crippen LogP contribution is 2.13. The van der Waals surface area contributed by atoms with Gasteiger partial charge in [0.1, 0.15) is 0 Å². The Morgan fingerprint density at radius 2 is 2.17 bits per heavy atom. The van der Waals surface area contributed by atoms with E-state index in [1.165, 1.54) is 7.11 Å². The van der Waals surface area contributed by atoms with Crippen LogP contribution in [0.2, 0.25) is 0 Å². The minimum Gasteiger partial charge on any atom is -0.469 e. The van der Waals surface area contributed by atoms with E-state index in [0.29, 0.717) is 0 Å². The summed E-state index contributed by atoms with van der Waals surface area (Å²) in [6.07, 6.45) is 1.52. The van der Waals surface area contributed by atoms with Crippen molar-refractivity contribution in [1.82, 2.24) is 0 Å². The average molecular weight is 174 g/mol. The Morgan fingerprint density at radius 1 is 1.58 bits per heavy atom. The molecule has 0 saturated carbocycles. The van der Waals surface area contributed by atoms with Crippen LogP contribution in [0.5, 0.6) is 0 Å². The summed E-state index contributed by atoms with van der Waals surface area (Å²) in [7, 11) is 1.33. The number of rotatable bonds is 5. The van der Waals surface area contributed by atoms with E-state index < -0.39 is 6.10 Å². The lowest BCUT2D eigenvalue weighted by Gasteiger charge is -2.16. The van der Waals surface area contributed by atoms with Gasteiger partial charge in [-0.05, 0) is 12.3 Å². The Kier molecular flexibility index (Phi) is 5.72. The summed E-state index contributed by atoms with van der Waals surface area (Å²) in [6.45, 7) is 4.00. The summed E-state index contributed by atoms with van der Waals surface area (Å²) in [5.41, 5.74) is 0. The van der Waals surface area contributed by atoms with Gasteiger partial charge in [-0.2, -0.15) is 0 Å². The molecule has 1 N–H and O–H groups in total. The van der Waals surface area contributed by atoms with Crippen LogP contribution in [0.15, 0.2) is 0 Å². The molecule has 3 nitrogen and oxygen atoms in total. The van der Waals surface area contributed by atoms with Crippen LogP contribution < -0.4 is 0 Å². The van der Waals surface area contributed by atoms with Crippen LogP contribution in [0.3, 0.4) is 0 Å². The monoisotopic (exact) mass is 174 g/mol. The topological polar surface area (TPSA) is 46.5 Å². The largest absolute Gasteiger partial charge is 0.469 e. The molecule has 0 aliphatic rings. The van der Waals surface area contributed by atoms with Crippen molar-refractivity contribution in [3.63, 3.8) is 0 Å². The van der Waals surface area contributed by atoms with Crippen molar-refractivity contribution >= 4 is 5.97 Å². The smallest absolute Gasteiger partial charge is 0.308 e. The molecule has 0 aromatic rings. The normalized spacial score (nSPS) is 15.3. The summed E-state index contributed by atoms with van der Waals surface area (Å²) in [6, 6.07) is 0. The van der Waals surface area contributed by atoms with Gasteiger partial charge in [-0.1, -0.05) is 20.3 Å². The van der Waals surface area contributed by atoms with Gasteiger partial charge < -0.3 is 9.84 Å². The van der Waals surface area contributed by atoms with Crippen LogP contribution in [-0.2, 0) is 9.53 Å². The Hall–Kier alpha value is -0.570. The van der Waals surface area contributed by atoms with Crippen molar-refractivity contribution < 1.29 is 14.6 Å². The molecule has 0 aliphatic carbocycles. The summed E-state index contributed by atoms with van der Waals surface area (Å²) in [4.78, 5) is 10.7. The average Bonchev–Trinajstić information content (AvgIpc) is 2.04. The van der Waals surface area contributed by atoms with Crippen LogP contribution in [0.1, 0.15) is 33.1 Å². The minimum absolute atomic E-state index is 0.109. The third kappa shape index (κ3) is 4.34. The van der Waals surface area contributed by atoms with Crippen LogP contribution >= 0.6 is 0 Å². The first-order chi connectivity index (χ1) is 5.61. The van der Waals surface area contributed by atoms with Gasteiger partial charge in [-0.15, -0.1) is 0 Å². The number of carbonyl (C=O) groups excluding carboxylic acids is 1. The van der Waals surface area contributed by atoms with Crippen molar-refractivity contribution in [2.75, 3.05) is 7.11 Å². The van der Waals surface area contributed by atoms with Crippen LogP contribution in [0.4, 0.5) is 0 Å². The predicted octanol–water partition coefficient (Wildman–Crippen LogP) is 1.35. The van der Waals surface area contributed by atoms with Crippen molar-refractivity contribution in [3.8, 4) is 0 Å². The molecule has 0 fully saturated rings. The number of hydrogen-bond acceptors (Lipinski definition) is 3. The van der Waals surface area contributed by atoms with Crippen LogP contribution in [-0.4, -0.2) is 24.3 Å². The zero-order valence-corrected chi connectivity index (χ0v) is 8.04. The maximum absolute atomic E-state index is 10.7. The number of ether oxygens (including phenoxy) is 1. The standard InChI is InChI=1S/C9H18O3/c1-4-5-7(2)8(10)6-9(11)12-3/h7-8,10H,4-6H2,1-3H3. The molecular weight excluding hydrogens is 156 g/mol. The first-order valence-corrected chi connectivity index (χ1v) is 4.36. The molecule has 0 aromatic carbocycles. The van der Waals surface area contributed by atoms with Gasteiger partial charge in [-0.25, -0.2) is 0 Å². The molecule has 0 aliphatic heterocycles. The van der Waals surface area contributed by atoms with E-state index in [1.807, 2.05) is 6.92 Å². The van der Waals surface area contributed by atoms with Crippen molar-refractivity contribution in [2.45, 2.75) is 39.2 Å². The molecule has 2 unspecified atom stereocenters. The highest BCUT2D eigenvalue weighted by atomic mass is 16.5. The fourth-order valence-electron chi connectivity index (χ4n) is 1.10. The number of aliphatic hydroxyl groups excluding tert-OH is 1. The molecule has 12 heavy (non-hydrogen) atoms. The lowest BCUT2D eigenvalue weighted by atomic mass is 9.97. The third-order valence-electron chi connectivity index (χ3n) is 2.00. The Labute approximate surface area is 73.7 Å². The van der Waals surface area contributed by atoms with Gasteiger partial charge in [0.25, 0.3) is 0 Å². The zero-order chi connectivity index (χ0) is 9.56. The summed E-state index contributed by atoms with van der Waals surface area (Å²) < 4.78 is 4.45. The highest BCUT2D eigenvalue weighted by molar-refractivity contribution is 5.69. The van der Waals surface area contributed by atoms with Crippen molar-refractivity contribution in [1.29, 1.82) is 0 Å². The van der Waals surface area contributed by atoms with Gasteiger partial charge in [0.05, 0.1) is 19.6 Å². The second-order valence-corrected chi connectivity index (χ2v) is 3.11. The number of methoxy groups -OCH3 is 1. The third-order valence-corrected chi connectivity index (χ3v) is 2.00. The second kappa shape index (κ2) is 6.00. The molecule has 72 valence electrons. The first-order valence-electron chi connectivity index (χ1n) is 4.36. The van der Waals surface area contributed by atoms with E-state index in [0.717, 1.165) is 12.8 Å². The second-order valence-electron chi connectivity index (χ2n) is 3.11. The SMILES string of the molecule is CCCC(C)C(O)CC(=O)OC. The van der Waals surface area contributed by atoms with E-state index in [1.54, 1.807) is 0 Å². The van der Waals surface area contributed by atoms with Gasteiger partial charge >= 0.3 is 5.97 Å². The molecular formula is C9H18O3. The summed E-state index contributed by atoms with van der Waals surface area (Å²) in [5.74, 6) is -0.167. The molecule has 0 spiro atoms. The van der Waals surface area contributed by atoms with Crippen LogP contribution in [0.25, 0.3) is 0 Å². The quantitative estimate of drug-likeness (QED) is 0.640. The van der Waals surface area contributed by atoms with Crippen molar-refractivity contribution in [2.24, 2.45) is 5.92 Å². The van der Waals surface area contributed by atoms with Crippen molar-refractivity contribution in [3.05, 3.63) is 0 Å². The fraction of sp³-hybridized carbons (Fsp3) is 0.889. The van der Waals surface area contributed by atoms with E-state index in [2.05, 4.69) is 11.7 Å². The highest BCUT2D eigenvalue weighted by Gasteiger charge is 2.17. The minimum atomic E-state index is -0.558. The Bertz CT molecular complexity index is 134. The fourth-order valence-corrected chi connectivity index (χ4v) is 1.10. The summed E-state index contributed by atoms with van der Waals surface area (Å²) >= 11 is 0. The molecule has 0 amide bonds. The summed E-state index contributed by atoms with van der Waals surface area (Å²) in [5, 5.41) is 9.45. The zero-order valence-electron chi connectivity index (χ0n) is 8.04. The molecule has 0 radical (unpaired) electrons. The molecule has 0 heterocycles. The van der Waals surface area contributed by atoms with E-state index in [-0.39, 0.29) is 18.3 Å². The van der Waals surface area contributed by atoms with Gasteiger partial charge in [0.15, 0.2) is 0 Å². The molecule has 0 rings (SSSR count). The van der Waals surface area contributed by atoms with Gasteiger partial charge in [-0.3, -0.25) is 4.79 Å². The molecule has 2 atom stereocenters. The number of hydrogen-bond donors (Lipinski definition) is 1. The molecule has 0 saturated heterocycles. The van der Waals surface area contributed by atoms with E-state index >= 15 is 0 Å². The number of aliphatic hydroxyl groups is 1. The number of carbonyl (C=O) groups is 1. The van der Waals surface area contributed by atoms with E-state index in [9.17, 15) is 9.90 Å². The lowest BCUT2D eigenvalue weighted by molar-refractivity contribution is -0.143. The lowest BCUT2D eigenvalue weighted by Crippen LogP contribution is -2.22. The molecule has 3 heteroatoms. The van der Waals surface area contributed by atoms with Gasteiger partial charge in [0, 0.05) is 0 Å². The van der Waals surface area contributed by atoms with Gasteiger partial charge in [0.2, 0.25) is 0 Å².